The molecular weight excluding hydrogens is 216 g/mol. The van der Waals surface area contributed by atoms with Crippen molar-refractivity contribution in [3.63, 3.8) is 0 Å². The van der Waals surface area contributed by atoms with Crippen LogP contribution < -0.4 is 0 Å². The van der Waals surface area contributed by atoms with Crippen LogP contribution in [0.3, 0.4) is 0 Å². The Labute approximate surface area is 116 Å². The summed E-state index contributed by atoms with van der Waals surface area (Å²) in [6.45, 7) is 6.03. The first kappa shape index (κ1) is 17.5. The van der Waals surface area contributed by atoms with Gasteiger partial charge in [0.1, 0.15) is 0 Å². The fraction of sp³-hybridized carbons (Fsp3) is 0.722. The van der Waals surface area contributed by atoms with E-state index in [2.05, 4.69) is 38.2 Å². The van der Waals surface area contributed by atoms with E-state index in [4.69, 9.17) is 0 Å². The maximum atomic E-state index is 3.79. The van der Waals surface area contributed by atoms with E-state index in [1.165, 1.54) is 70.6 Å². The van der Waals surface area contributed by atoms with Gasteiger partial charge in [0.15, 0.2) is 0 Å². The average Bonchev–Trinajstić information content (AvgIpc) is 2.39. The molecule has 0 aromatic carbocycles. The van der Waals surface area contributed by atoms with Crippen LogP contribution in [0.2, 0.25) is 0 Å². The molecule has 18 heavy (non-hydrogen) atoms. The van der Waals surface area contributed by atoms with Gasteiger partial charge in [-0.25, -0.2) is 0 Å². The lowest BCUT2D eigenvalue weighted by atomic mass is 10.1. The van der Waals surface area contributed by atoms with E-state index in [9.17, 15) is 0 Å². The summed E-state index contributed by atoms with van der Waals surface area (Å²) < 4.78 is 0. The van der Waals surface area contributed by atoms with Crippen molar-refractivity contribution < 1.29 is 0 Å². The zero-order chi connectivity index (χ0) is 13.3. The molecule has 0 bridgehead atoms. The number of rotatable bonds is 13. The number of unbranched alkanes of at least 4 members (excludes halogenated alkanes) is 9. The van der Waals surface area contributed by atoms with Gasteiger partial charge in [-0.2, -0.15) is 0 Å². The Morgan fingerprint density at radius 3 is 1.56 bits per heavy atom. The first-order valence-corrected chi connectivity index (χ1v) is 8.01. The summed E-state index contributed by atoms with van der Waals surface area (Å²) in [5.74, 6) is 0. The van der Waals surface area contributed by atoms with E-state index >= 15 is 0 Å². The van der Waals surface area contributed by atoms with Crippen molar-refractivity contribution in [3.8, 4) is 0 Å². The van der Waals surface area contributed by atoms with Crippen LogP contribution in [0.15, 0.2) is 24.3 Å². The van der Waals surface area contributed by atoms with E-state index in [1.54, 1.807) is 0 Å². The number of hydrogen-bond donors (Lipinski definition) is 0. The molecule has 0 aliphatic rings. The lowest BCUT2D eigenvalue weighted by molar-refractivity contribution is 0.583. The minimum Gasteiger partial charge on any atom is -0.0885 e. The first-order chi connectivity index (χ1) is 8.91. The van der Waals surface area contributed by atoms with Crippen LogP contribution in [-0.2, 0) is 0 Å². The molecule has 0 amide bonds. The molecule has 0 aromatic rings. The van der Waals surface area contributed by atoms with Gasteiger partial charge in [-0.3, -0.25) is 0 Å². The largest absolute Gasteiger partial charge is 0.0885 e. The summed E-state index contributed by atoms with van der Waals surface area (Å²) in [7, 11) is 0. The molecular formula is C18H33. The third kappa shape index (κ3) is 15.5. The summed E-state index contributed by atoms with van der Waals surface area (Å²) in [5, 5.41) is 0. The van der Waals surface area contributed by atoms with E-state index < -0.39 is 0 Å². The van der Waals surface area contributed by atoms with Crippen LogP contribution in [0.4, 0.5) is 0 Å². The van der Waals surface area contributed by atoms with E-state index in [1.807, 2.05) is 0 Å². The molecule has 0 heteroatoms. The van der Waals surface area contributed by atoms with E-state index in [-0.39, 0.29) is 0 Å². The van der Waals surface area contributed by atoms with Crippen molar-refractivity contribution >= 4 is 0 Å². The number of hydrogen-bond acceptors (Lipinski definition) is 0. The van der Waals surface area contributed by atoms with Crippen LogP contribution in [0.5, 0.6) is 0 Å². The molecule has 0 spiro atoms. The van der Waals surface area contributed by atoms with Gasteiger partial charge < -0.3 is 0 Å². The molecule has 105 valence electrons. The van der Waals surface area contributed by atoms with Crippen LogP contribution in [0.25, 0.3) is 0 Å². The molecule has 0 aliphatic carbocycles. The molecule has 0 N–H and O–H groups in total. The highest BCUT2D eigenvalue weighted by atomic mass is 14.0. The molecule has 0 rings (SSSR count). The van der Waals surface area contributed by atoms with Crippen LogP contribution >= 0.6 is 0 Å². The highest BCUT2D eigenvalue weighted by Crippen LogP contribution is 2.10. The third-order valence-corrected chi connectivity index (χ3v) is 3.20. The fourth-order valence-electron chi connectivity index (χ4n) is 2.05. The van der Waals surface area contributed by atoms with E-state index in [0.717, 1.165) is 6.42 Å². The SMILES string of the molecule is [CH2]CC=CCCCCCCCCCC=CCCC. The van der Waals surface area contributed by atoms with Gasteiger partial charge in [0, 0.05) is 0 Å². The fourth-order valence-corrected chi connectivity index (χ4v) is 2.05. The molecule has 0 nitrogen and oxygen atoms in total. The van der Waals surface area contributed by atoms with Gasteiger partial charge >= 0.3 is 0 Å². The summed E-state index contributed by atoms with van der Waals surface area (Å²) in [5.41, 5.74) is 0. The smallest absolute Gasteiger partial charge is 0.0351 e. The Bertz CT molecular complexity index is 188. The monoisotopic (exact) mass is 249 g/mol. The van der Waals surface area contributed by atoms with Crippen molar-refractivity contribution in [1.29, 1.82) is 0 Å². The van der Waals surface area contributed by atoms with E-state index in [0.29, 0.717) is 0 Å². The molecule has 0 atom stereocenters. The first-order valence-electron chi connectivity index (χ1n) is 8.01. The van der Waals surface area contributed by atoms with Crippen LogP contribution in [-0.4, -0.2) is 0 Å². The number of allylic oxidation sites excluding steroid dienone is 4. The van der Waals surface area contributed by atoms with Crippen molar-refractivity contribution in [3.05, 3.63) is 31.2 Å². The van der Waals surface area contributed by atoms with Crippen molar-refractivity contribution in [2.75, 3.05) is 0 Å². The second kappa shape index (κ2) is 16.5. The van der Waals surface area contributed by atoms with Crippen molar-refractivity contribution in [2.24, 2.45) is 0 Å². The Morgan fingerprint density at radius 2 is 1.06 bits per heavy atom. The summed E-state index contributed by atoms with van der Waals surface area (Å²) in [4.78, 5) is 0. The molecule has 0 saturated heterocycles. The maximum Gasteiger partial charge on any atom is -0.0351 e. The zero-order valence-corrected chi connectivity index (χ0v) is 12.5. The Kier molecular flexibility index (Phi) is 16.0. The molecule has 0 aliphatic heterocycles. The Morgan fingerprint density at radius 1 is 0.611 bits per heavy atom. The lowest BCUT2D eigenvalue weighted by Gasteiger charge is -2.00. The standard InChI is InChI=1S/C18H33/c1-3-5-7-9-11-13-15-17-18-16-14-12-10-8-6-4-2/h5,7-8,10H,1,3-4,6,9,11-18H2,2H3. The predicted molar refractivity (Wildman–Crippen MR) is 84.7 cm³/mol. The van der Waals surface area contributed by atoms with Crippen LogP contribution in [0.1, 0.15) is 84.0 Å². The molecule has 0 saturated carbocycles. The van der Waals surface area contributed by atoms with Gasteiger partial charge in [-0.1, -0.05) is 69.8 Å². The lowest BCUT2D eigenvalue weighted by Crippen LogP contribution is -1.80. The zero-order valence-electron chi connectivity index (χ0n) is 12.5. The highest BCUT2D eigenvalue weighted by molar-refractivity contribution is 4.82. The molecule has 1 radical (unpaired) electrons. The average molecular weight is 249 g/mol. The maximum absolute atomic E-state index is 3.79. The molecule has 0 fully saturated rings. The van der Waals surface area contributed by atoms with Gasteiger partial charge in [0.2, 0.25) is 0 Å². The summed E-state index contributed by atoms with van der Waals surface area (Å²) >= 11 is 0. The highest BCUT2D eigenvalue weighted by Gasteiger charge is 1.90. The van der Waals surface area contributed by atoms with Crippen molar-refractivity contribution in [2.45, 2.75) is 84.0 Å². The Hall–Kier alpha value is -0.520. The second-order valence-corrected chi connectivity index (χ2v) is 5.07. The van der Waals surface area contributed by atoms with Gasteiger partial charge in [-0.15, -0.1) is 0 Å². The minimum absolute atomic E-state index is 0.937. The molecule has 0 aromatic heterocycles. The van der Waals surface area contributed by atoms with Gasteiger partial charge in [0.05, 0.1) is 0 Å². The quantitative estimate of drug-likeness (QED) is 0.254. The third-order valence-electron chi connectivity index (χ3n) is 3.20. The van der Waals surface area contributed by atoms with Gasteiger partial charge in [0.25, 0.3) is 0 Å². The topological polar surface area (TPSA) is 0 Å². The summed E-state index contributed by atoms with van der Waals surface area (Å²) in [6, 6.07) is 0. The van der Waals surface area contributed by atoms with Crippen molar-refractivity contribution in [1.82, 2.24) is 0 Å². The van der Waals surface area contributed by atoms with Gasteiger partial charge in [-0.05, 0) is 45.4 Å². The minimum atomic E-state index is 0.937. The summed E-state index contributed by atoms with van der Waals surface area (Å²) in [6.07, 6.45) is 25.0. The predicted octanol–water partition coefficient (Wildman–Crippen LogP) is 6.63. The Balaban J connectivity index is 3.01. The van der Waals surface area contributed by atoms with Crippen LogP contribution in [0, 0.1) is 6.92 Å². The normalized spacial score (nSPS) is 11.9. The molecule has 0 unspecified atom stereocenters. The molecule has 0 heterocycles. The second-order valence-electron chi connectivity index (χ2n) is 5.07.